The molecule has 0 saturated heterocycles. The van der Waals surface area contributed by atoms with Crippen LogP contribution in [0.15, 0.2) is 60.7 Å². The summed E-state index contributed by atoms with van der Waals surface area (Å²) in [7, 11) is 1.45. The molecule has 8 nitrogen and oxygen atoms in total. The summed E-state index contributed by atoms with van der Waals surface area (Å²) in [6.07, 6.45) is 0. The number of carbonyl (C=O) groups excluding carboxylic acids is 3. The Kier molecular flexibility index (Phi) is 7.40. The van der Waals surface area contributed by atoms with E-state index in [4.69, 9.17) is 39.5 Å². The summed E-state index contributed by atoms with van der Waals surface area (Å²) in [6.45, 7) is 1.84. The number of aryl methyl sites for hydroxylation is 1. The number of fused-ring (bicyclic) bond motifs is 1. The van der Waals surface area contributed by atoms with E-state index in [1.807, 2.05) is 6.92 Å². The molecule has 1 heterocycles. The number of halogens is 3. The van der Waals surface area contributed by atoms with Gasteiger partial charge in [-0.3, -0.25) is 19.8 Å². The van der Waals surface area contributed by atoms with Gasteiger partial charge in [0.05, 0.1) is 22.8 Å². The van der Waals surface area contributed by atoms with Gasteiger partial charge in [-0.05, 0) is 48.9 Å². The van der Waals surface area contributed by atoms with Gasteiger partial charge in [0.2, 0.25) is 0 Å². The SMILES string of the molecule is COc1cccc2cc(C(=O)Nc3ccc(C)c(Cl)c3)n(NC(=O)C(=O)Nc3cccc(Cl)c3Cl)c12. The first-order chi connectivity index (χ1) is 17.2. The molecule has 0 aliphatic heterocycles. The number of nitrogens with zero attached hydrogens (tertiary/aromatic N) is 1. The molecule has 11 heteroatoms. The normalized spacial score (nSPS) is 10.7. The van der Waals surface area contributed by atoms with E-state index in [0.717, 1.165) is 5.56 Å². The molecule has 0 spiro atoms. The number of rotatable bonds is 5. The Bertz CT molecular complexity index is 1520. The summed E-state index contributed by atoms with van der Waals surface area (Å²) in [5.41, 5.74) is 4.38. The molecule has 0 fully saturated rings. The van der Waals surface area contributed by atoms with Gasteiger partial charge in [0.25, 0.3) is 5.91 Å². The lowest BCUT2D eigenvalue weighted by atomic mass is 10.2. The van der Waals surface area contributed by atoms with Crippen molar-refractivity contribution in [1.82, 2.24) is 4.68 Å². The quantitative estimate of drug-likeness (QED) is 0.273. The number of hydrogen-bond donors (Lipinski definition) is 3. The molecule has 3 amide bonds. The van der Waals surface area contributed by atoms with Crippen molar-refractivity contribution in [3.8, 4) is 5.75 Å². The summed E-state index contributed by atoms with van der Waals surface area (Å²) < 4.78 is 6.62. The zero-order chi connectivity index (χ0) is 26.0. The van der Waals surface area contributed by atoms with Crippen molar-refractivity contribution in [2.75, 3.05) is 23.2 Å². The Morgan fingerprint density at radius 1 is 0.861 bits per heavy atom. The number of ether oxygens (including phenoxy) is 1. The van der Waals surface area contributed by atoms with Crippen LogP contribution >= 0.6 is 34.8 Å². The lowest BCUT2D eigenvalue weighted by Crippen LogP contribution is -2.36. The Morgan fingerprint density at radius 3 is 2.33 bits per heavy atom. The van der Waals surface area contributed by atoms with E-state index in [1.165, 1.54) is 17.9 Å². The molecule has 0 aliphatic rings. The second-order valence-electron chi connectivity index (χ2n) is 7.68. The monoisotopic (exact) mass is 544 g/mol. The number of aromatic nitrogens is 1. The van der Waals surface area contributed by atoms with Gasteiger partial charge >= 0.3 is 11.8 Å². The van der Waals surface area contributed by atoms with E-state index in [-0.39, 0.29) is 21.4 Å². The van der Waals surface area contributed by atoms with Gasteiger partial charge in [-0.1, -0.05) is 59.1 Å². The van der Waals surface area contributed by atoms with Crippen molar-refractivity contribution < 1.29 is 19.1 Å². The third-order valence-corrected chi connectivity index (χ3v) is 6.51. The van der Waals surface area contributed by atoms with Crippen LogP contribution in [0.25, 0.3) is 10.9 Å². The largest absolute Gasteiger partial charge is 0.494 e. The van der Waals surface area contributed by atoms with Crippen LogP contribution < -0.4 is 20.8 Å². The molecule has 0 atom stereocenters. The summed E-state index contributed by atoms with van der Waals surface area (Å²) in [4.78, 5) is 38.7. The van der Waals surface area contributed by atoms with Gasteiger partial charge in [-0.15, -0.1) is 0 Å². The standard InChI is InChI=1S/C25H19Cl3N4O4/c1-13-9-10-15(12-17(13)27)29-23(33)19-11-14-5-3-8-20(36-2)22(14)32(19)31-25(35)24(34)30-18-7-4-6-16(26)21(18)28/h3-12H,1-2H3,(H,29,33)(H,30,34)(H,31,35). The summed E-state index contributed by atoms with van der Waals surface area (Å²) >= 11 is 18.3. The lowest BCUT2D eigenvalue weighted by molar-refractivity contribution is -0.133. The molecular formula is C25H19Cl3N4O4. The maximum atomic E-state index is 13.2. The number of amides is 3. The van der Waals surface area contributed by atoms with Crippen molar-refractivity contribution in [1.29, 1.82) is 0 Å². The molecule has 0 aliphatic carbocycles. The predicted molar refractivity (Wildman–Crippen MR) is 142 cm³/mol. The fourth-order valence-electron chi connectivity index (χ4n) is 3.47. The van der Waals surface area contributed by atoms with Crippen molar-refractivity contribution in [2.45, 2.75) is 6.92 Å². The summed E-state index contributed by atoms with van der Waals surface area (Å²) in [5, 5.41) is 6.55. The highest BCUT2D eigenvalue weighted by Crippen LogP contribution is 2.30. The topological polar surface area (TPSA) is 101 Å². The highest BCUT2D eigenvalue weighted by molar-refractivity contribution is 6.46. The van der Waals surface area contributed by atoms with E-state index in [1.54, 1.807) is 54.6 Å². The van der Waals surface area contributed by atoms with Crippen LogP contribution in [0.4, 0.5) is 11.4 Å². The first kappa shape index (κ1) is 25.4. The predicted octanol–water partition coefficient (Wildman–Crippen LogP) is 5.88. The molecular weight excluding hydrogens is 527 g/mol. The number of anilines is 2. The minimum absolute atomic E-state index is 0.0492. The van der Waals surface area contributed by atoms with Crippen LogP contribution in [0.5, 0.6) is 5.75 Å². The van der Waals surface area contributed by atoms with Gasteiger partial charge in [-0.2, -0.15) is 0 Å². The maximum absolute atomic E-state index is 13.2. The number of nitrogens with one attached hydrogen (secondary N) is 3. The Labute approximate surface area is 221 Å². The fourth-order valence-corrected chi connectivity index (χ4v) is 4.00. The average Bonchev–Trinajstić information content (AvgIpc) is 3.23. The molecule has 3 N–H and O–H groups in total. The van der Waals surface area contributed by atoms with E-state index >= 15 is 0 Å². The second kappa shape index (κ2) is 10.5. The average molecular weight is 546 g/mol. The summed E-state index contributed by atoms with van der Waals surface area (Å²) in [5.74, 6) is -2.25. The molecule has 3 aromatic carbocycles. The summed E-state index contributed by atoms with van der Waals surface area (Å²) in [6, 6.07) is 16.4. The van der Waals surface area contributed by atoms with Gasteiger partial charge in [-0.25, -0.2) is 4.68 Å². The molecule has 0 radical (unpaired) electrons. The first-order valence-corrected chi connectivity index (χ1v) is 11.6. The van der Waals surface area contributed by atoms with Crippen LogP contribution in [-0.2, 0) is 9.59 Å². The van der Waals surface area contributed by atoms with Gasteiger partial charge in [0, 0.05) is 16.1 Å². The van der Waals surface area contributed by atoms with Crippen LogP contribution in [-0.4, -0.2) is 29.5 Å². The maximum Gasteiger partial charge on any atom is 0.328 e. The van der Waals surface area contributed by atoms with Crippen molar-refractivity contribution in [2.24, 2.45) is 0 Å². The minimum Gasteiger partial charge on any atom is -0.494 e. The van der Waals surface area contributed by atoms with Crippen molar-refractivity contribution in [3.63, 3.8) is 0 Å². The molecule has 36 heavy (non-hydrogen) atoms. The molecule has 0 unspecified atom stereocenters. The molecule has 1 aromatic heterocycles. The van der Waals surface area contributed by atoms with E-state index in [9.17, 15) is 14.4 Å². The van der Waals surface area contributed by atoms with Gasteiger partial charge in [0.1, 0.15) is 17.0 Å². The van der Waals surface area contributed by atoms with Crippen molar-refractivity contribution >= 4 is 74.8 Å². The third-order valence-electron chi connectivity index (χ3n) is 5.29. The fraction of sp³-hybridized carbons (Fsp3) is 0.0800. The molecule has 184 valence electrons. The highest BCUT2D eigenvalue weighted by Gasteiger charge is 2.23. The number of hydrogen-bond acceptors (Lipinski definition) is 4. The lowest BCUT2D eigenvalue weighted by Gasteiger charge is -2.14. The molecule has 4 aromatic rings. The smallest absolute Gasteiger partial charge is 0.328 e. The number of carbonyl (C=O) groups is 3. The van der Waals surface area contributed by atoms with E-state index < -0.39 is 17.7 Å². The Morgan fingerprint density at radius 2 is 1.61 bits per heavy atom. The zero-order valence-corrected chi connectivity index (χ0v) is 21.3. The Balaban J connectivity index is 1.68. The van der Waals surface area contributed by atoms with Crippen LogP contribution in [0.1, 0.15) is 16.1 Å². The molecule has 0 bridgehead atoms. The first-order valence-electron chi connectivity index (χ1n) is 10.5. The minimum atomic E-state index is -1.05. The number of para-hydroxylation sites is 1. The van der Waals surface area contributed by atoms with E-state index in [2.05, 4.69) is 16.1 Å². The van der Waals surface area contributed by atoms with Crippen LogP contribution in [0.3, 0.4) is 0 Å². The molecule has 4 rings (SSSR count). The third kappa shape index (κ3) is 5.11. The highest BCUT2D eigenvalue weighted by atomic mass is 35.5. The Hall–Kier alpha value is -3.72. The number of benzene rings is 3. The zero-order valence-electron chi connectivity index (χ0n) is 19.0. The second-order valence-corrected chi connectivity index (χ2v) is 8.87. The van der Waals surface area contributed by atoms with Crippen LogP contribution in [0, 0.1) is 6.92 Å². The van der Waals surface area contributed by atoms with E-state index in [0.29, 0.717) is 27.4 Å². The van der Waals surface area contributed by atoms with Gasteiger partial charge in [0.15, 0.2) is 0 Å². The van der Waals surface area contributed by atoms with Crippen LogP contribution in [0.2, 0.25) is 15.1 Å². The van der Waals surface area contributed by atoms with Gasteiger partial charge < -0.3 is 15.4 Å². The van der Waals surface area contributed by atoms with Crippen molar-refractivity contribution in [3.05, 3.63) is 87.0 Å². The number of methoxy groups -OCH3 is 1. The molecule has 0 saturated carbocycles.